The SMILES string of the molecule is C[Si](C)(C)C#CC1=CCN(C(=O)c2ccccn2)CC1. The van der Waals surface area contributed by atoms with E-state index in [1.54, 1.807) is 12.3 Å². The molecule has 4 heteroatoms. The third-order valence-corrected chi connectivity index (χ3v) is 3.85. The minimum Gasteiger partial charge on any atom is -0.333 e. The Labute approximate surface area is 121 Å². The highest BCUT2D eigenvalue weighted by Gasteiger charge is 2.19. The van der Waals surface area contributed by atoms with E-state index in [9.17, 15) is 4.79 Å². The van der Waals surface area contributed by atoms with Gasteiger partial charge < -0.3 is 4.90 Å². The number of pyridine rings is 1. The fourth-order valence-corrected chi connectivity index (χ4v) is 2.42. The summed E-state index contributed by atoms with van der Waals surface area (Å²) in [5.74, 6) is 3.28. The molecule has 2 heterocycles. The van der Waals surface area contributed by atoms with Crippen molar-refractivity contribution >= 4 is 14.0 Å². The Morgan fingerprint density at radius 1 is 1.35 bits per heavy atom. The minimum absolute atomic E-state index is 0.000874. The van der Waals surface area contributed by atoms with Gasteiger partial charge in [0.25, 0.3) is 5.91 Å². The van der Waals surface area contributed by atoms with E-state index in [1.165, 1.54) is 0 Å². The third kappa shape index (κ3) is 4.07. The summed E-state index contributed by atoms with van der Waals surface area (Å²) in [6.07, 6.45) is 4.56. The molecular formula is C16H20N2OSi. The molecule has 1 aromatic heterocycles. The Morgan fingerprint density at radius 3 is 2.70 bits per heavy atom. The van der Waals surface area contributed by atoms with E-state index in [1.807, 2.05) is 17.0 Å². The van der Waals surface area contributed by atoms with Crippen molar-refractivity contribution in [2.45, 2.75) is 26.1 Å². The maximum Gasteiger partial charge on any atom is 0.272 e. The molecule has 1 aliphatic heterocycles. The first-order valence-corrected chi connectivity index (χ1v) is 10.4. The van der Waals surface area contributed by atoms with Gasteiger partial charge in [-0.15, -0.1) is 5.54 Å². The van der Waals surface area contributed by atoms with E-state index in [2.05, 4.69) is 42.2 Å². The summed E-state index contributed by atoms with van der Waals surface area (Å²) in [7, 11) is -1.33. The van der Waals surface area contributed by atoms with Crippen LogP contribution in [0.4, 0.5) is 0 Å². The Balaban J connectivity index is 2.02. The van der Waals surface area contributed by atoms with Crippen molar-refractivity contribution in [3.63, 3.8) is 0 Å². The zero-order valence-corrected chi connectivity index (χ0v) is 13.3. The second-order valence-electron chi connectivity index (χ2n) is 5.95. The molecule has 0 unspecified atom stereocenters. The predicted molar refractivity (Wildman–Crippen MR) is 84.0 cm³/mol. The molecule has 1 amide bonds. The lowest BCUT2D eigenvalue weighted by molar-refractivity contribution is 0.0764. The molecule has 1 aliphatic rings. The van der Waals surface area contributed by atoms with Gasteiger partial charge in [-0.1, -0.05) is 37.7 Å². The topological polar surface area (TPSA) is 33.2 Å². The van der Waals surface area contributed by atoms with Crippen molar-refractivity contribution in [1.82, 2.24) is 9.88 Å². The second kappa shape index (κ2) is 6.06. The summed E-state index contributed by atoms with van der Waals surface area (Å²) >= 11 is 0. The molecule has 3 nitrogen and oxygen atoms in total. The number of hydrogen-bond donors (Lipinski definition) is 0. The fourth-order valence-electron chi connectivity index (χ4n) is 1.89. The molecule has 0 atom stereocenters. The Kier molecular flexibility index (Phi) is 4.41. The van der Waals surface area contributed by atoms with Crippen LogP contribution in [0.25, 0.3) is 0 Å². The zero-order chi connectivity index (χ0) is 14.6. The van der Waals surface area contributed by atoms with Crippen LogP contribution in [0, 0.1) is 11.5 Å². The first-order valence-electron chi connectivity index (χ1n) is 6.88. The molecule has 0 N–H and O–H groups in total. The third-order valence-electron chi connectivity index (χ3n) is 2.98. The lowest BCUT2D eigenvalue weighted by Gasteiger charge is -2.24. The van der Waals surface area contributed by atoms with Gasteiger partial charge in [0.1, 0.15) is 13.8 Å². The van der Waals surface area contributed by atoms with E-state index < -0.39 is 8.07 Å². The largest absolute Gasteiger partial charge is 0.333 e. The van der Waals surface area contributed by atoms with Gasteiger partial charge in [0.15, 0.2) is 0 Å². The summed E-state index contributed by atoms with van der Waals surface area (Å²) in [5.41, 5.74) is 5.05. The van der Waals surface area contributed by atoms with Crippen LogP contribution in [0.15, 0.2) is 36.0 Å². The van der Waals surface area contributed by atoms with E-state index in [-0.39, 0.29) is 5.91 Å². The number of hydrogen-bond acceptors (Lipinski definition) is 2. The van der Waals surface area contributed by atoms with Gasteiger partial charge in [0.2, 0.25) is 0 Å². The standard InChI is InChI=1S/C16H20N2OSi/c1-20(2,3)13-9-14-7-11-18(12-8-14)16(19)15-6-4-5-10-17-15/h4-7,10H,8,11-12H2,1-3H3. The molecule has 0 aromatic carbocycles. The van der Waals surface area contributed by atoms with Crippen LogP contribution in [0.1, 0.15) is 16.9 Å². The number of nitrogens with zero attached hydrogens (tertiary/aromatic N) is 2. The number of carbonyl (C=O) groups is 1. The lowest BCUT2D eigenvalue weighted by Crippen LogP contribution is -2.35. The lowest BCUT2D eigenvalue weighted by atomic mass is 10.1. The van der Waals surface area contributed by atoms with Crippen molar-refractivity contribution < 1.29 is 4.79 Å². The predicted octanol–water partition coefficient (Wildman–Crippen LogP) is 2.73. The molecule has 20 heavy (non-hydrogen) atoms. The van der Waals surface area contributed by atoms with Crippen molar-refractivity contribution in [3.8, 4) is 11.5 Å². The van der Waals surface area contributed by atoms with Gasteiger partial charge in [-0.25, -0.2) is 0 Å². The van der Waals surface area contributed by atoms with Crippen LogP contribution in [-0.2, 0) is 0 Å². The maximum absolute atomic E-state index is 12.2. The molecule has 1 aromatic rings. The smallest absolute Gasteiger partial charge is 0.272 e. The highest BCUT2D eigenvalue weighted by Crippen LogP contribution is 2.13. The van der Waals surface area contributed by atoms with Crippen molar-refractivity contribution in [1.29, 1.82) is 0 Å². The summed E-state index contributed by atoms with van der Waals surface area (Å²) in [5, 5.41) is 0. The highest BCUT2D eigenvalue weighted by atomic mass is 28.3. The number of aromatic nitrogens is 1. The first kappa shape index (κ1) is 14.5. The van der Waals surface area contributed by atoms with Crippen molar-refractivity contribution in [2.24, 2.45) is 0 Å². The van der Waals surface area contributed by atoms with Gasteiger partial charge in [-0.2, -0.15) is 0 Å². The van der Waals surface area contributed by atoms with Crippen LogP contribution in [0.2, 0.25) is 19.6 Å². The molecule has 0 radical (unpaired) electrons. The van der Waals surface area contributed by atoms with Crippen LogP contribution in [0.5, 0.6) is 0 Å². The van der Waals surface area contributed by atoms with Crippen LogP contribution >= 0.6 is 0 Å². The molecular weight excluding hydrogens is 264 g/mol. The molecule has 104 valence electrons. The quantitative estimate of drug-likeness (QED) is 0.587. The summed E-state index contributed by atoms with van der Waals surface area (Å²) < 4.78 is 0. The normalized spacial score (nSPS) is 15.2. The van der Waals surface area contributed by atoms with Gasteiger partial charge in [-0.05, 0) is 18.6 Å². The molecule has 0 spiro atoms. The zero-order valence-electron chi connectivity index (χ0n) is 12.3. The Morgan fingerprint density at radius 2 is 2.15 bits per heavy atom. The average Bonchev–Trinajstić information content (AvgIpc) is 2.45. The second-order valence-corrected chi connectivity index (χ2v) is 10.7. The number of carbonyl (C=O) groups excluding carboxylic acids is 1. The number of amides is 1. The van der Waals surface area contributed by atoms with Crippen molar-refractivity contribution in [3.05, 3.63) is 41.7 Å². The first-order chi connectivity index (χ1) is 9.46. The van der Waals surface area contributed by atoms with Crippen LogP contribution in [-0.4, -0.2) is 37.0 Å². The molecule has 0 bridgehead atoms. The maximum atomic E-state index is 12.2. The van der Waals surface area contributed by atoms with Crippen LogP contribution in [0.3, 0.4) is 0 Å². The van der Waals surface area contributed by atoms with Crippen molar-refractivity contribution in [2.75, 3.05) is 13.1 Å². The van der Waals surface area contributed by atoms with E-state index in [0.717, 1.165) is 18.5 Å². The monoisotopic (exact) mass is 284 g/mol. The molecule has 2 rings (SSSR count). The highest BCUT2D eigenvalue weighted by molar-refractivity contribution is 6.83. The summed E-state index contributed by atoms with van der Waals surface area (Å²) in [6.45, 7) is 8.06. The van der Waals surface area contributed by atoms with Gasteiger partial charge in [0.05, 0.1) is 0 Å². The molecule has 0 saturated carbocycles. The minimum atomic E-state index is -1.33. The van der Waals surface area contributed by atoms with Gasteiger partial charge in [-0.3, -0.25) is 9.78 Å². The molecule has 0 saturated heterocycles. The Bertz CT molecular complexity index is 576. The van der Waals surface area contributed by atoms with Crippen LogP contribution < -0.4 is 0 Å². The molecule has 0 aliphatic carbocycles. The average molecular weight is 284 g/mol. The Hall–Kier alpha value is -1.86. The fraction of sp³-hybridized carbons (Fsp3) is 0.375. The van der Waals surface area contributed by atoms with Gasteiger partial charge in [0, 0.05) is 24.9 Å². The number of rotatable bonds is 1. The summed E-state index contributed by atoms with van der Waals surface area (Å²) in [6, 6.07) is 5.41. The van der Waals surface area contributed by atoms with Gasteiger partial charge >= 0.3 is 0 Å². The summed E-state index contributed by atoms with van der Waals surface area (Å²) in [4.78, 5) is 18.2. The molecule has 0 fully saturated rings. The van der Waals surface area contributed by atoms with E-state index in [4.69, 9.17) is 0 Å². The van der Waals surface area contributed by atoms with E-state index >= 15 is 0 Å². The van der Waals surface area contributed by atoms with E-state index in [0.29, 0.717) is 12.2 Å².